The number of fused-ring (bicyclic) bond motifs is 9. The Hall–Kier alpha value is -12.5. The minimum atomic E-state index is -2.86. The van der Waals surface area contributed by atoms with Crippen LogP contribution < -0.4 is 20.7 Å². The van der Waals surface area contributed by atoms with Crippen LogP contribution in [-0.4, -0.2) is 51.7 Å². The van der Waals surface area contributed by atoms with E-state index in [1.807, 2.05) is 78.9 Å². The summed E-state index contributed by atoms with van der Waals surface area (Å²) >= 11 is 0. The van der Waals surface area contributed by atoms with Gasteiger partial charge in [0.25, 0.3) is 0 Å². The molecular weight excluding hydrogens is 1160 g/mol. The lowest BCUT2D eigenvalue weighted by Gasteiger charge is -2.34. The van der Waals surface area contributed by atoms with Crippen LogP contribution >= 0.6 is 0 Å². The molecule has 440 valence electrons. The number of para-hydroxylation sites is 3. The molecule has 13 aromatic carbocycles. The van der Waals surface area contributed by atoms with Crippen LogP contribution in [0.5, 0.6) is 0 Å². The molecule has 0 aliphatic heterocycles. The second kappa shape index (κ2) is 22.5. The van der Waals surface area contributed by atoms with Crippen molar-refractivity contribution in [3.05, 3.63) is 334 Å². The third kappa shape index (κ3) is 8.98. The Labute approximate surface area is 542 Å². The predicted molar refractivity (Wildman–Crippen MR) is 387 cm³/mol. The maximum absolute atomic E-state index is 5.45. The van der Waals surface area contributed by atoms with Gasteiger partial charge in [-0.05, 0) is 86.5 Å². The fraction of sp³-hybridized carbons (Fsp3) is 0. The third-order valence-corrected chi connectivity index (χ3v) is 23.3. The molecule has 0 N–H and O–H groups in total. The lowest BCUT2D eigenvalue weighted by Crippen LogP contribution is -2.74. The highest BCUT2D eigenvalue weighted by atomic mass is 28.3. The fourth-order valence-electron chi connectivity index (χ4n) is 14.3. The summed E-state index contributed by atoms with van der Waals surface area (Å²) in [7, 11) is -2.86. The summed E-state index contributed by atoms with van der Waals surface area (Å²) in [6.07, 6.45) is 0. The number of nitrogens with zero attached hydrogens (tertiary/aromatic N) is 9. The van der Waals surface area contributed by atoms with Crippen molar-refractivity contribution in [3.63, 3.8) is 0 Å². The molecule has 9 nitrogen and oxygen atoms in total. The highest BCUT2D eigenvalue weighted by Gasteiger charge is 2.42. The number of benzene rings is 13. The average molecular weight is 1220 g/mol. The highest BCUT2D eigenvalue weighted by molar-refractivity contribution is 7.20. The normalized spacial score (nSPS) is 11.8. The zero-order valence-corrected chi connectivity index (χ0v) is 51.8. The molecule has 0 aliphatic rings. The quantitative estimate of drug-likeness (QED) is 0.0894. The van der Waals surface area contributed by atoms with Gasteiger partial charge in [0.05, 0.1) is 33.1 Å². The second-order valence-corrected chi connectivity index (χ2v) is 27.6. The second-order valence-electron chi connectivity index (χ2n) is 23.8. The summed E-state index contributed by atoms with van der Waals surface area (Å²) in [4.78, 5) is 31.6. The SMILES string of the molecule is c1ccc(-c2nc(-c3cccc(-c4ccc(-n5c6ccccc6c6cc7c(cc65)c5ccccc5n7-c5nc(-c6ccccc6)nc(-c6ccccc6)n5)cc4)c3)nc(-n3c4ccccc4c4cc([Si](c5ccccc5)(c5ccccc5)c5ccccc5)ccc43)n2)cc1. The van der Waals surface area contributed by atoms with Crippen LogP contribution in [0.4, 0.5) is 0 Å². The molecule has 0 fully saturated rings. The van der Waals surface area contributed by atoms with Gasteiger partial charge in [0.2, 0.25) is 11.9 Å². The van der Waals surface area contributed by atoms with Crippen molar-refractivity contribution in [1.29, 1.82) is 0 Å². The van der Waals surface area contributed by atoms with Gasteiger partial charge in [0, 0.05) is 60.3 Å². The zero-order valence-electron chi connectivity index (χ0n) is 50.8. The van der Waals surface area contributed by atoms with Crippen molar-refractivity contribution in [1.82, 2.24) is 43.6 Å². The van der Waals surface area contributed by atoms with Crippen molar-refractivity contribution in [2.75, 3.05) is 0 Å². The van der Waals surface area contributed by atoms with Crippen molar-refractivity contribution in [2.45, 2.75) is 0 Å². The van der Waals surface area contributed by atoms with Crippen LogP contribution in [0.1, 0.15) is 0 Å². The molecule has 94 heavy (non-hydrogen) atoms. The van der Waals surface area contributed by atoms with E-state index >= 15 is 0 Å². The van der Waals surface area contributed by atoms with Crippen LogP contribution in [-0.2, 0) is 0 Å². The van der Waals surface area contributed by atoms with E-state index in [9.17, 15) is 0 Å². The largest absolute Gasteiger partial charge is 0.309 e. The first kappa shape index (κ1) is 54.4. The maximum atomic E-state index is 5.45. The topological polar surface area (TPSA) is 92.1 Å². The Balaban J connectivity index is 0.749. The maximum Gasteiger partial charge on any atom is 0.238 e. The Kier molecular flexibility index (Phi) is 13.0. The van der Waals surface area contributed by atoms with E-state index in [0.29, 0.717) is 35.2 Å². The summed E-state index contributed by atoms with van der Waals surface area (Å²) in [6.45, 7) is 0. The predicted octanol–water partition coefficient (Wildman–Crippen LogP) is 17.1. The van der Waals surface area contributed by atoms with Crippen molar-refractivity contribution in [3.8, 4) is 74.3 Å². The average Bonchev–Trinajstić information content (AvgIpc) is 1.48. The molecule has 5 aromatic heterocycles. The Morgan fingerprint density at radius 3 is 0.989 bits per heavy atom. The van der Waals surface area contributed by atoms with Crippen molar-refractivity contribution in [2.24, 2.45) is 0 Å². The van der Waals surface area contributed by atoms with E-state index in [2.05, 4.69) is 268 Å². The first-order valence-electron chi connectivity index (χ1n) is 31.7. The first-order valence-corrected chi connectivity index (χ1v) is 33.7. The van der Waals surface area contributed by atoms with Gasteiger partial charge >= 0.3 is 0 Å². The molecule has 0 aliphatic carbocycles. The lowest BCUT2D eigenvalue weighted by molar-refractivity contribution is 0.953. The van der Waals surface area contributed by atoms with E-state index in [1.54, 1.807) is 0 Å². The molecule has 0 atom stereocenters. The molecule has 18 rings (SSSR count). The van der Waals surface area contributed by atoms with Crippen LogP contribution in [0.3, 0.4) is 0 Å². The number of rotatable bonds is 12. The van der Waals surface area contributed by atoms with Crippen LogP contribution in [0.15, 0.2) is 334 Å². The minimum Gasteiger partial charge on any atom is -0.309 e. The van der Waals surface area contributed by atoms with E-state index in [1.165, 1.54) is 20.7 Å². The standard InChI is InChI=1S/C84H55N9Si/c1-7-26-57(27-8-1)79-85-80(58-28-9-2-10-29-58)89-84(88-79)93-75-45-24-21-42-69(75)72-54-77-71(55-78(72)93)68-41-19-22-43-73(68)91(77)62-48-46-56(47-49-62)60-32-25-33-61(52-60)82-86-81(59-30-11-3-12-31-59)87-83(90-82)92-74-44-23-20-40-67(74)70-53-66(50-51-76(70)92)94(63-34-13-4-14-35-63,64-36-15-5-16-37-64)65-38-17-6-18-39-65/h1-55H. The molecule has 0 unspecified atom stereocenters. The molecular formula is C84H55N9Si. The third-order valence-electron chi connectivity index (χ3n) is 18.5. The van der Waals surface area contributed by atoms with E-state index < -0.39 is 8.07 Å². The molecule has 0 spiro atoms. The van der Waals surface area contributed by atoms with Gasteiger partial charge < -0.3 is 4.57 Å². The van der Waals surface area contributed by atoms with Crippen molar-refractivity contribution >= 4 is 94.2 Å². The fourth-order valence-corrected chi connectivity index (χ4v) is 19.0. The van der Waals surface area contributed by atoms with Gasteiger partial charge in [0.1, 0.15) is 0 Å². The summed E-state index contributed by atoms with van der Waals surface area (Å²) in [5, 5.41) is 12.0. The van der Waals surface area contributed by atoms with Crippen molar-refractivity contribution < 1.29 is 0 Å². The molecule has 18 aromatic rings. The monoisotopic (exact) mass is 1220 g/mol. The van der Waals surface area contributed by atoms with Crippen LogP contribution in [0, 0.1) is 0 Å². The highest BCUT2D eigenvalue weighted by Crippen LogP contribution is 2.41. The Morgan fingerprint density at radius 1 is 0.191 bits per heavy atom. The van der Waals surface area contributed by atoms with Crippen LogP contribution in [0.2, 0.25) is 0 Å². The zero-order chi connectivity index (χ0) is 62.1. The molecule has 0 bridgehead atoms. The first-order chi connectivity index (χ1) is 46.6. The van der Waals surface area contributed by atoms with Gasteiger partial charge in [-0.15, -0.1) is 0 Å². The molecule has 0 amide bonds. The van der Waals surface area contributed by atoms with Gasteiger partial charge in [-0.25, -0.2) is 9.97 Å². The smallest absolute Gasteiger partial charge is 0.238 e. The molecule has 10 heteroatoms. The van der Waals surface area contributed by atoms with Crippen LogP contribution in [0.25, 0.3) is 140 Å². The van der Waals surface area contributed by atoms with Gasteiger partial charge in [-0.1, -0.05) is 279 Å². The summed E-state index contributed by atoms with van der Waals surface area (Å²) < 4.78 is 6.82. The van der Waals surface area contributed by atoms with Gasteiger partial charge in [0.15, 0.2) is 31.4 Å². The van der Waals surface area contributed by atoms with E-state index in [0.717, 1.165) is 104 Å². The Bertz CT molecular complexity index is 5740. The summed E-state index contributed by atoms with van der Waals surface area (Å²) in [5.41, 5.74) is 13.0. The molecule has 0 saturated heterocycles. The van der Waals surface area contributed by atoms with E-state index in [4.69, 9.17) is 29.9 Å². The number of aromatic nitrogens is 9. The van der Waals surface area contributed by atoms with Gasteiger partial charge in [-0.2, -0.15) is 19.9 Å². The molecule has 0 radical (unpaired) electrons. The van der Waals surface area contributed by atoms with E-state index in [-0.39, 0.29) is 0 Å². The summed E-state index contributed by atoms with van der Waals surface area (Å²) in [5.74, 6) is 3.50. The molecule has 0 saturated carbocycles. The lowest BCUT2D eigenvalue weighted by atomic mass is 10.0. The summed E-state index contributed by atoms with van der Waals surface area (Å²) in [6, 6.07) is 119. The number of hydrogen-bond donors (Lipinski definition) is 0. The van der Waals surface area contributed by atoms with Gasteiger partial charge in [-0.3, -0.25) is 9.13 Å². The minimum absolute atomic E-state index is 0.545. The number of hydrogen-bond acceptors (Lipinski definition) is 6. The molecule has 5 heterocycles. The Morgan fingerprint density at radius 2 is 0.532 bits per heavy atom.